The van der Waals surface area contributed by atoms with Gasteiger partial charge in [0.05, 0.1) is 5.69 Å². The van der Waals surface area contributed by atoms with Crippen LogP contribution in [0.5, 0.6) is 0 Å². The Kier molecular flexibility index (Phi) is 3.51. The van der Waals surface area contributed by atoms with Crippen molar-refractivity contribution in [2.45, 2.75) is 0 Å². The highest BCUT2D eigenvalue weighted by Gasteiger charge is 2.09. The van der Waals surface area contributed by atoms with Crippen LogP contribution in [0.2, 0.25) is 0 Å². The molecule has 0 atom stereocenters. The number of anilines is 1. The van der Waals surface area contributed by atoms with Gasteiger partial charge in [0.1, 0.15) is 5.69 Å². The van der Waals surface area contributed by atoms with Crippen LogP contribution in [0.25, 0.3) is 11.3 Å². The molecule has 21 heavy (non-hydrogen) atoms. The third-order valence-corrected chi connectivity index (χ3v) is 3.26. The van der Waals surface area contributed by atoms with Crippen molar-refractivity contribution in [2.75, 3.05) is 5.32 Å². The molecule has 1 amide bonds. The van der Waals surface area contributed by atoms with Gasteiger partial charge in [0, 0.05) is 30.7 Å². The number of rotatable bonds is 3. The van der Waals surface area contributed by atoms with Crippen molar-refractivity contribution in [2.24, 2.45) is 7.05 Å². The number of hydrogen-bond acceptors (Lipinski definition) is 2. The predicted octanol–water partition coefficient (Wildman–Crippen LogP) is 3.34. The third kappa shape index (κ3) is 2.84. The molecule has 0 aliphatic carbocycles. The van der Waals surface area contributed by atoms with Crippen LogP contribution in [-0.4, -0.2) is 15.5 Å². The Morgan fingerprint density at radius 3 is 2.71 bits per heavy atom. The number of aryl methyl sites for hydroxylation is 1. The molecule has 0 unspecified atom stereocenters. The van der Waals surface area contributed by atoms with Gasteiger partial charge in [-0.05, 0) is 36.4 Å². The Bertz CT molecular complexity index is 762. The van der Waals surface area contributed by atoms with E-state index in [2.05, 4.69) is 10.3 Å². The summed E-state index contributed by atoms with van der Waals surface area (Å²) in [6, 6.07) is 17.1. The first-order chi connectivity index (χ1) is 10.2. The molecular weight excluding hydrogens is 262 g/mol. The molecular formula is C17H15N3O. The van der Waals surface area contributed by atoms with Crippen molar-refractivity contribution in [3.05, 3.63) is 72.7 Å². The van der Waals surface area contributed by atoms with E-state index in [0.29, 0.717) is 5.69 Å². The third-order valence-electron chi connectivity index (χ3n) is 3.26. The maximum Gasteiger partial charge on any atom is 0.272 e. The minimum Gasteiger partial charge on any atom is -0.347 e. The first-order valence-corrected chi connectivity index (χ1v) is 6.68. The zero-order valence-corrected chi connectivity index (χ0v) is 11.7. The smallest absolute Gasteiger partial charge is 0.272 e. The molecule has 0 spiro atoms. The van der Waals surface area contributed by atoms with Gasteiger partial charge in [-0.3, -0.25) is 9.78 Å². The lowest BCUT2D eigenvalue weighted by Crippen LogP contribution is -2.15. The molecule has 2 heterocycles. The van der Waals surface area contributed by atoms with Crippen molar-refractivity contribution < 1.29 is 4.79 Å². The molecule has 0 bridgehead atoms. The SMILES string of the molecule is Cn1cccc1C(=O)Nc1cccc(-c2ccccn2)c1. The van der Waals surface area contributed by atoms with E-state index in [1.807, 2.05) is 61.8 Å². The van der Waals surface area contributed by atoms with Gasteiger partial charge < -0.3 is 9.88 Å². The summed E-state index contributed by atoms with van der Waals surface area (Å²) in [5.74, 6) is -0.124. The van der Waals surface area contributed by atoms with Gasteiger partial charge in [0.15, 0.2) is 0 Å². The Hall–Kier alpha value is -2.88. The summed E-state index contributed by atoms with van der Waals surface area (Å²) < 4.78 is 1.79. The molecule has 2 aromatic heterocycles. The van der Waals surface area contributed by atoms with Crippen LogP contribution in [0.3, 0.4) is 0 Å². The fourth-order valence-electron chi connectivity index (χ4n) is 2.18. The average molecular weight is 277 g/mol. The summed E-state index contributed by atoms with van der Waals surface area (Å²) in [5, 5.41) is 2.91. The van der Waals surface area contributed by atoms with Crippen molar-refractivity contribution >= 4 is 11.6 Å². The molecule has 0 radical (unpaired) electrons. The Morgan fingerprint density at radius 1 is 1.10 bits per heavy atom. The Balaban J connectivity index is 1.84. The van der Waals surface area contributed by atoms with Crippen LogP contribution in [-0.2, 0) is 7.05 Å². The van der Waals surface area contributed by atoms with Crippen molar-refractivity contribution in [1.29, 1.82) is 0 Å². The van der Waals surface area contributed by atoms with E-state index in [4.69, 9.17) is 0 Å². The number of aromatic nitrogens is 2. The van der Waals surface area contributed by atoms with Gasteiger partial charge in [-0.2, -0.15) is 0 Å². The lowest BCUT2D eigenvalue weighted by atomic mass is 10.1. The Morgan fingerprint density at radius 2 is 2.00 bits per heavy atom. The highest BCUT2D eigenvalue weighted by molar-refractivity contribution is 6.03. The molecule has 1 aromatic carbocycles. The summed E-state index contributed by atoms with van der Waals surface area (Å²) in [4.78, 5) is 16.5. The maximum absolute atomic E-state index is 12.2. The number of benzene rings is 1. The largest absolute Gasteiger partial charge is 0.347 e. The molecule has 3 rings (SSSR count). The first kappa shape index (κ1) is 13.1. The van der Waals surface area contributed by atoms with Gasteiger partial charge in [0.2, 0.25) is 0 Å². The molecule has 3 aromatic rings. The highest BCUT2D eigenvalue weighted by Crippen LogP contribution is 2.20. The number of nitrogens with one attached hydrogen (secondary N) is 1. The molecule has 4 nitrogen and oxygen atoms in total. The number of carbonyl (C=O) groups excluding carboxylic acids is 1. The molecule has 0 aliphatic heterocycles. The monoisotopic (exact) mass is 277 g/mol. The second kappa shape index (κ2) is 5.63. The molecule has 1 N–H and O–H groups in total. The highest BCUT2D eigenvalue weighted by atomic mass is 16.1. The maximum atomic E-state index is 12.2. The number of nitrogens with zero attached hydrogens (tertiary/aromatic N) is 2. The number of carbonyl (C=O) groups is 1. The summed E-state index contributed by atoms with van der Waals surface area (Å²) in [6.45, 7) is 0. The van der Waals surface area contributed by atoms with Crippen molar-refractivity contribution in [1.82, 2.24) is 9.55 Å². The zero-order chi connectivity index (χ0) is 14.7. The van der Waals surface area contributed by atoms with Gasteiger partial charge in [0.25, 0.3) is 5.91 Å². The second-order valence-corrected chi connectivity index (χ2v) is 4.75. The van der Waals surface area contributed by atoms with Crippen LogP contribution in [0.1, 0.15) is 10.5 Å². The van der Waals surface area contributed by atoms with Gasteiger partial charge in [-0.25, -0.2) is 0 Å². The number of amides is 1. The second-order valence-electron chi connectivity index (χ2n) is 4.75. The molecule has 104 valence electrons. The number of pyridine rings is 1. The van der Waals surface area contributed by atoms with E-state index in [0.717, 1.165) is 16.9 Å². The van der Waals surface area contributed by atoms with E-state index >= 15 is 0 Å². The van der Waals surface area contributed by atoms with Crippen LogP contribution < -0.4 is 5.32 Å². The van der Waals surface area contributed by atoms with E-state index in [9.17, 15) is 4.79 Å². The summed E-state index contributed by atoms with van der Waals surface area (Å²) in [6.07, 6.45) is 3.60. The normalized spacial score (nSPS) is 10.3. The zero-order valence-electron chi connectivity index (χ0n) is 11.7. The van der Waals surface area contributed by atoms with Crippen molar-refractivity contribution in [3.8, 4) is 11.3 Å². The molecule has 0 saturated heterocycles. The topological polar surface area (TPSA) is 46.9 Å². The quantitative estimate of drug-likeness (QED) is 0.798. The summed E-state index contributed by atoms with van der Waals surface area (Å²) in [5.41, 5.74) is 3.23. The van der Waals surface area contributed by atoms with Crippen LogP contribution in [0.15, 0.2) is 67.0 Å². The van der Waals surface area contributed by atoms with Crippen LogP contribution >= 0.6 is 0 Å². The summed E-state index contributed by atoms with van der Waals surface area (Å²) in [7, 11) is 1.85. The lowest BCUT2D eigenvalue weighted by Gasteiger charge is -2.08. The minimum atomic E-state index is -0.124. The fourth-order valence-corrected chi connectivity index (χ4v) is 2.18. The first-order valence-electron chi connectivity index (χ1n) is 6.68. The summed E-state index contributed by atoms with van der Waals surface area (Å²) >= 11 is 0. The van der Waals surface area contributed by atoms with Crippen LogP contribution in [0.4, 0.5) is 5.69 Å². The van der Waals surface area contributed by atoms with E-state index in [1.54, 1.807) is 16.8 Å². The lowest BCUT2D eigenvalue weighted by molar-refractivity contribution is 0.101. The van der Waals surface area contributed by atoms with E-state index in [-0.39, 0.29) is 5.91 Å². The molecule has 0 aliphatic rings. The van der Waals surface area contributed by atoms with Crippen molar-refractivity contribution in [3.63, 3.8) is 0 Å². The van der Waals surface area contributed by atoms with Gasteiger partial charge in [-0.15, -0.1) is 0 Å². The predicted molar refractivity (Wildman–Crippen MR) is 83.0 cm³/mol. The average Bonchev–Trinajstić information content (AvgIpc) is 2.95. The molecule has 0 saturated carbocycles. The van der Waals surface area contributed by atoms with Gasteiger partial charge in [-0.1, -0.05) is 18.2 Å². The fraction of sp³-hybridized carbons (Fsp3) is 0.0588. The molecule has 4 heteroatoms. The Labute approximate surface area is 123 Å². The van der Waals surface area contributed by atoms with E-state index < -0.39 is 0 Å². The molecule has 0 fully saturated rings. The standard InChI is InChI=1S/C17H15N3O/c1-20-11-5-9-16(20)17(21)19-14-7-4-6-13(12-14)15-8-2-3-10-18-15/h2-12H,1H3,(H,19,21). The van der Waals surface area contributed by atoms with Crippen LogP contribution in [0, 0.1) is 0 Å². The minimum absolute atomic E-state index is 0.124. The van der Waals surface area contributed by atoms with Gasteiger partial charge >= 0.3 is 0 Å². The number of hydrogen-bond donors (Lipinski definition) is 1. The van der Waals surface area contributed by atoms with E-state index in [1.165, 1.54) is 0 Å².